The number of ether oxygens (including phenoxy) is 1. The molecule has 2 aromatic rings. The molecule has 0 aliphatic heterocycles. The van der Waals surface area contributed by atoms with Crippen molar-refractivity contribution in [2.45, 2.75) is 31.8 Å². The number of nitrogen functional groups attached to an aromatic ring is 1. The van der Waals surface area contributed by atoms with Crippen LogP contribution in [0.4, 0.5) is 5.69 Å². The quantitative estimate of drug-likeness (QED) is 0.869. The first-order chi connectivity index (χ1) is 10.3. The molecule has 1 unspecified atom stereocenters. The maximum atomic E-state index is 8.84. The van der Waals surface area contributed by atoms with Crippen molar-refractivity contribution in [3.63, 3.8) is 0 Å². The average molecular weight is 278 g/mol. The summed E-state index contributed by atoms with van der Waals surface area (Å²) >= 11 is 0. The van der Waals surface area contributed by atoms with Gasteiger partial charge in [-0.2, -0.15) is 5.26 Å². The zero-order valence-corrected chi connectivity index (χ0v) is 11.9. The van der Waals surface area contributed by atoms with Gasteiger partial charge in [-0.3, -0.25) is 0 Å². The van der Waals surface area contributed by atoms with E-state index < -0.39 is 0 Å². The Balaban J connectivity index is 1.85. The van der Waals surface area contributed by atoms with Crippen LogP contribution in [0.5, 0.6) is 5.75 Å². The maximum absolute atomic E-state index is 8.84. The standard InChI is InChI=1S/C18H18N2O/c19-11-10-14-12-15(8-9-17(14)20)21-18-7-3-5-13-4-1-2-6-16(13)18/h1-2,4,6,8-9,12,18H,3,5,7,10,20H2. The molecule has 0 radical (unpaired) electrons. The van der Waals surface area contributed by atoms with E-state index in [-0.39, 0.29) is 6.10 Å². The molecule has 2 N–H and O–H groups in total. The summed E-state index contributed by atoms with van der Waals surface area (Å²) in [6.07, 6.45) is 3.69. The normalized spacial score (nSPS) is 16.8. The molecule has 0 heterocycles. The highest BCUT2D eigenvalue weighted by atomic mass is 16.5. The third kappa shape index (κ3) is 2.85. The van der Waals surface area contributed by atoms with Gasteiger partial charge in [-0.1, -0.05) is 24.3 Å². The molecule has 1 aliphatic rings. The van der Waals surface area contributed by atoms with Gasteiger partial charge in [0.15, 0.2) is 0 Å². The molecule has 0 aromatic heterocycles. The van der Waals surface area contributed by atoms with E-state index >= 15 is 0 Å². The number of hydrogen-bond donors (Lipinski definition) is 1. The monoisotopic (exact) mass is 278 g/mol. The zero-order chi connectivity index (χ0) is 14.7. The van der Waals surface area contributed by atoms with Crippen molar-refractivity contribution in [2.75, 3.05) is 5.73 Å². The van der Waals surface area contributed by atoms with E-state index in [1.165, 1.54) is 11.1 Å². The molecule has 0 saturated carbocycles. The van der Waals surface area contributed by atoms with Gasteiger partial charge in [0.1, 0.15) is 11.9 Å². The van der Waals surface area contributed by atoms with Gasteiger partial charge in [0, 0.05) is 5.69 Å². The summed E-state index contributed by atoms with van der Waals surface area (Å²) in [7, 11) is 0. The van der Waals surface area contributed by atoms with Crippen molar-refractivity contribution in [3.05, 3.63) is 59.2 Å². The molecule has 1 aliphatic carbocycles. The molecule has 3 nitrogen and oxygen atoms in total. The highest BCUT2D eigenvalue weighted by molar-refractivity contribution is 5.51. The highest BCUT2D eigenvalue weighted by Gasteiger charge is 2.21. The first-order valence-corrected chi connectivity index (χ1v) is 7.28. The molecule has 0 spiro atoms. The Bertz CT molecular complexity index is 688. The number of nitriles is 1. The van der Waals surface area contributed by atoms with Crippen LogP contribution in [0.15, 0.2) is 42.5 Å². The first-order valence-electron chi connectivity index (χ1n) is 7.28. The Morgan fingerprint density at radius 1 is 1.24 bits per heavy atom. The van der Waals surface area contributed by atoms with Gasteiger partial charge in [0.25, 0.3) is 0 Å². The molecule has 2 aromatic carbocycles. The molecule has 21 heavy (non-hydrogen) atoms. The molecular weight excluding hydrogens is 260 g/mol. The number of anilines is 1. The number of benzene rings is 2. The van der Waals surface area contributed by atoms with E-state index in [0.29, 0.717) is 12.1 Å². The van der Waals surface area contributed by atoms with Gasteiger partial charge in [-0.25, -0.2) is 0 Å². The average Bonchev–Trinajstić information content (AvgIpc) is 2.51. The predicted octanol–water partition coefficient (Wildman–Crippen LogP) is 3.79. The fourth-order valence-electron chi connectivity index (χ4n) is 2.89. The minimum atomic E-state index is 0.0912. The van der Waals surface area contributed by atoms with E-state index in [9.17, 15) is 0 Å². The lowest BCUT2D eigenvalue weighted by Gasteiger charge is -2.26. The molecule has 0 amide bonds. The van der Waals surface area contributed by atoms with E-state index in [1.807, 2.05) is 18.2 Å². The number of hydrogen-bond acceptors (Lipinski definition) is 3. The van der Waals surface area contributed by atoms with E-state index in [0.717, 1.165) is 30.6 Å². The molecule has 0 bridgehead atoms. The molecular formula is C18H18N2O. The SMILES string of the molecule is N#CCc1cc(OC2CCCc3ccccc32)ccc1N. The third-order valence-corrected chi connectivity index (χ3v) is 3.98. The van der Waals surface area contributed by atoms with Crippen molar-refractivity contribution in [1.29, 1.82) is 5.26 Å². The van der Waals surface area contributed by atoms with Crippen LogP contribution in [0.3, 0.4) is 0 Å². The lowest BCUT2D eigenvalue weighted by Crippen LogP contribution is -2.15. The topological polar surface area (TPSA) is 59.0 Å². The molecule has 0 fully saturated rings. The summed E-state index contributed by atoms with van der Waals surface area (Å²) in [5, 5.41) is 8.84. The molecule has 3 heteroatoms. The number of rotatable bonds is 3. The second-order valence-corrected chi connectivity index (χ2v) is 5.39. The van der Waals surface area contributed by atoms with Crippen molar-refractivity contribution in [3.8, 4) is 11.8 Å². The van der Waals surface area contributed by atoms with Crippen LogP contribution >= 0.6 is 0 Å². The maximum Gasteiger partial charge on any atom is 0.124 e. The van der Waals surface area contributed by atoms with Crippen molar-refractivity contribution < 1.29 is 4.74 Å². The largest absolute Gasteiger partial charge is 0.486 e. The third-order valence-electron chi connectivity index (χ3n) is 3.98. The molecule has 106 valence electrons. The van der Waals surface area contributed by atoms with Crippen molar-refractivity contribution in [1.82, 2.24) is 0 Å². The first kappa shape index (κ1) is 13.5. The molecule has 0 saturated heterocycles. The number of fused-ring (bicyclic) bond motifs is 1. The van der Waals surface area contributed by atoms with Crippen molar-refractivity contribution >= 4 is 5.69 Å². The Morgan fingerprint density at radius 3 is 2.95 bits per heavy atom. The van der Waals surface area contributed by atoms with Gasteiger partial charge in [0.2, 0.25) is 0 Å². The van der Waals surface area contributed by atoms with Gasteiger partial charge >= 0.3 is 0 Å². The second kappa shape index (κ2) is 5.88. The van der Waals surface area contributed by atoms with Crippen LogP contribution in [0.25, 0.3) is 0 Å². The van der Waals surface area contributed by atoms with Crippen LogP contribution in [-0.4, -0.2) is 0 Å². The van der Waals surface area contributed by atoms with E-state index in [2.05, 4.69) is 30.3 Å². The number of aryl methyl sites for hydroxylation is 1. The van der Waals surface area contributed by atoms with Crippen LogP contribution in [-0.2, 0) is 12.8 Å². The fraction of sp³-hybridized carbons (Fsp3) is 0.278. The lowest BCUT2D eigenvalue weighted by molar-refractivity contribution is 0.183. The van der Waals surface area contributed by atoms with E-state index in [1.54, 1.807) is 0 Å². The van der Waals surface area contributed by atoms with Crippen LogP contribution < -0.4 is 10.5 Å². The number of nitrogens with zero attached hydrogens (tertiary/aromatic N) is 1. The van der Waals surface area contributed by atoms with Gasteiger partial charge in [0.05, 0.1) is 12.5 Å². The predicted molar refractivity (Wildman–Crippen MR) is 82.9 cm³/mol. The van der Waals surface area contributed by atoms with Crippen LogP contribution in [0, 0.1) is 11.3 Å². The minimum Gasteiger partial charge on any atom is -0.486 e. The van der Waals surface area contributed by atoms with Gasteiger partial charge in [-0.05, 0) is 54.2 Å². The Hall–Kier alpha value is -2.47. The van der Waals surface area contributed by atoms with Gasteiger partial charge < -0.3 is 10.5 Å². The minimum absolute atomic E-state index is 0.0912. The summed E-state index contributed by atoms with van der Waals surface area (Å²) in [4.78, 5) is 0. The van der Waals surface area contributed by atoms with Crippen molar-refractivity contribution in [2.24, 2.45) is 0 Å². The fourth-order valence-corrected chi connectivity index (χ4v) is 2.89. The summed E-state index contributed by atoms with van der Waals surface area (Å²) in [5.41, 5.74) is 10.0. The smallest absolute Gasteiger partial charge is 0.124 e. The summed E-state index contributed by atoms with van der Waals surface area (Å²) in [5.74, 6) is 0.788. The number of nitrogens with two attached hydrogens (primary N) is 1. The molecule has 3 rings (SSSR count). The van der Waals surface area contributed by atoms with Crippen LogP contribution in [0.1, 0.15) is 35.6 Å². The lowest BCUT2D eigenvalue weighted by atomic mass is 9.89. The van der Waals surface area contributed by atoms with Gasteiger partial charge in [-0.15, -0.1) is 0 Å². The zero-order valence-electron chi connectivity index (χ0n) is 11.9. The van der Waals surface area contributed by atoms with E-state index in [4.69, 9.17) is 15.7 Å². The summed E-state index contributed by atoms with van der Waals surface area (Å²) in [6.45, 7) is 0. The summed E-state index contributed by atoms with van der Waals surface area (Å²) < 4.78 is 6.16. The Kier molecular flexibility index (Phi) is 3.79. The van der Waals surface area contributed by atoms with Crippen LogP contribution in [0.2, 0.25) is 0 Å². The Labute approximate surface area is 125 Å². The Morgan fingerprint density at radius 2 is 2.10 bits per heavy atom. The summed E-state index contributed by atoms with van der Waals surface area (Å²) in [6, 6.07) is 16.2. The highest BCUT2D eigenvalue weighted by Crippen LogP contribution is 2.34. The molecule has 1 atom stereocenters. The second-order valence-electron chi connectivity index (χ2n) is 5.39.